The predicted molar refractivity (Wildman–Crippen MR) is 56.5 cm³/mol. The quantitative estimate of drug-likeness (QED) is 0.870. The molecule has 3 nitrogen and oxygen atoms in total. The molecule has 0 aliphatic heterocycles. The molecule has 0 atom stereocenters. The van der Waals surface area contributed by atoms with Crippen LogP contribution in [0, 0.1) is 11.6 Å². The number of aromatic nitrogens is 1. The number of carboxylic acids is 1. The molecular formula is C12H7F2NO2. The van der Waals surface area contributed by atoms with Crippen molar-refractivity contribution in [2.24, 2.45) is 0 Å². The summed E-state index contributed by atoms with van der Waals surface area (Å²) in [6, 6.07) is 5.64. The molecule has 86 valence electrons. The number of pyridine rings is 1. The van der Waals surface area contributed by atoms with Gasteiger partial charge in [-0.1, -0.05) is 0 Å². The van der Waals surface area contributed by atoms with Crippen LogP contribution in [0.4, 0.5) is 8.78 Å². The largest absolute Gasteiger partial charge is 0.478 e. The number of carbonyl (C=O) groups is 1. The second-order valence-corrected chi connectivity index (χ2v) is 3.36. The van der Waals surface area contributed by atoms with E-state index in [1.54, 1.807) is 0 Å². The maximum Gasteiger partial charge on any atom is 0.337 e. The Labute approximate surface area is 95.4 Å². The van der Waals surface area contributed by atoms with Gasteiger partial charge >= 0.3 is 5.97 Å². The molecule has 2 rings (SSSR count). The zero-order valence-electron chi connectivity index (χ0n) is 8.52. The molecule has 5 heteroatoms. The lowest BCUT2D eigenvalue weighted by atomic mass is 10.1. The van der Waals surface area contributed by atoms with Crippen molar-refractivity contribution >= 4 is 5.97 Å². The van der Waals surface area contributed by atoms with Gasteiger partial charge in [-0.05, 0) is 30.3 Å². The van der Waals surface area contributed by atoms with Gasteiger partial charge in [-0.2, -0.15) is 0 Å². The molecule has 0 saturated carbocycles. The smallest absolute Gasteiger partial charge is 0.337 e. The molecule has 1 N–H and O–H groups in total. The van der Waals surface area contributed by atoms with Crippen molar-refractivity contribution in [3.63, 3.8) is 0 Å². The van der Waals surface area contributed by atoms with Gasteiger partial charge in [0.2, 0.25) is 0 Å². The second kappa shape index (κ2) is 4.29. The molecule has 0 aliphatic carbocycles. The molecular weight excluding hydrogens is 228 g/mol. The van der Waals surface area contributed by atoms with Crippen molar-refractivity contribution in [1.29, 1.82) is 0 Å². The van der Waals surface area contributed by atoms with E-state index in [1.807, 2.05) is 0 Å². The number of aromatic carboxylic acids is 1. The average Bonchev–Trinajstić information content (AvgIpc) is 2.32. The van der Waals surface area contributed by atoms with Crippen LogP contribution in [0.2, 0.25) is 0 Å². The third-order valence-electron chi connectivity index (χ3n) is 2.21. The van der Waals surface area contributed by atoms with Crippen LogP contribution in [0.1, 0.15) is 10.4 Å². The van der Waals surface area contributed by atoms with Gasteiger partial charge in [-0.15, -0.1) is 0 Å². The summed E-state index contributed by atoms with van der Waals surface area (Å²) in [7, 11) is 0. The van der Waals surface area contributed by atoms with Crippen LogP contribution >= 0.6 is 0 Å². The first-order valence-electron chi connectivity index (χ1n) is 4.72. The summed E-state index contributed by atoms with van der Waals surface area (Å²) in [6.45, 7) is 0. The van der Waals surface area contributed by atoms with E-state index in [4.69, 9.17) is 5.11 Å². The Bertz CT molecular complexity index is 567. The SMILES string of the molecule is O=C(O)c1ccc(-c2cc(F)ccc2F)nc1. The first kappa shape index (κ1) is 11.2. The minimum atomic E-state index is -1.12. The fraction of sp³-hybridized carbons (Fsp3) is 0. The van der Waals surface area contributed by atoms with E-state index in [1.165, 1.54) is 12.1 Å². The highest BCUT2D eigenvalue weighted by atomic mass is 19.1. The normalized spacial score (nSPS) is 10.2. The molecule has 0 unspecified atom stereocenters. The lowest BCUT2D eigenvalue weighted by molar-refractivity contribution is 0.0696. The Balaban J connectivity index is 2.46. The zero-order valence-corrected chi connectivity index (χ0v) is 8.52. The minimum absolute atomic E-state index is 0.00180. The predicted octanol–water partition coefficient (Wildman–Crippen LogP) is 2.73. The Kier molecular flexibility index (Phi) is 2.82. The number of hydrogen-bond donors (Lipinski definition) is 1. The van der Waals surface area contributed by atoms with Gasteiger partial charge < -0.3 is 5.11 Å². The highest BCUT2D eigenvalue weighted by Gasteiger charge is 2.09. The van der Waals surface area contributed by atoms with Crippen LogP contribution in [0.3, 0.4) is 0 Å². The summed E-state index contributed by atoms with van der Waals surface area (Å²) in [5, 5.41) is 8.67. The minimum Gasteiger partial charge on any atom is -0.478 e. The topological polar surface area (TPSA) is 50.2 Å². The summed E-state index contributed by atoms with van der Waals surface area (Å²) < 4.78 is 26.3. The number of nitrogens with zero attached hydrogens (tertiary/aromatic N) is 1. The Morgan fingerprint density at radius 3 is 2.53 bits per heavy atom. The van der Waals surface area contributed by atoms with Crippen LogP contribution in [-0.4, -0.2) is 16.1 Å². The van der Waals surface area contributed by atoms with Gasteiger partial charge in [-0.25, -0.2) is 13.6 Å². The van der Waals surface area contributed by atoms with E-state index in [2.05, 4.69) is 4.98 Å². The Hall–Kier alpha value is -2.30. The van der Waals surface area contributed by atoms with Crippen LogP contribution in [0.5, 0.6) is 0 Å². The molecule has 1 heterocycles. The molecule has 0 aliphatic rings. The van der Waals surface area contributed by atoms with Crippen molar-refractivity contribution in [3.8, 4) is 11.3 Å². The van der Waals surface area contributed by atoms with Gasteiger partial charge in [0.25, 0.3) is 0 Å². The van der Waals surface area contributed by atoms with Gasteiger partial charge in [-0.3, -0.25) is 4.98 Å². The second-order valence-electron chi connectivity index (χ2n) is 3.36. The summed E-state index contributed by atoms with van der Waals surface area (Å²) >= 11 is 0. The van der Waals surface area contributed by atoms with Crippen LogP contribution in [0.15, 0.2) is 36.5 Å². The van der Waals surface area contributed by atoms with Gasteiger partial charge in [0.15, 0.2) is 0 Å². The maximum absolute atomic E-state index is 13.4. The molecule has 0 bridgehead atoms. The van der Waals surface area contributed by atoms with E-state index in [-0.39, 0.29) is 16.8 Å². The molecule has 1 aromatic heterocycles. The van der Waals surface area contributed by atoms with Crippen molar-refractivity contribution in [3.05, 3.63) is 53.7 Å². The van der Waals surface area contributed by atoms with Crippen molar-refractivity contribution in [2.75, 3.05) is 0 Å². The van der Waals surface area contributed by atoms with Crippen LogP contribution < -0.4 is 0 Å². The monoisotopic (exact) mass is 235 g/mol. The molecule has 17 heavy (non-hydrogen) atoms. The maximum atomic E-state index is 13.4. The Morgan fingerprint density at radius 1 is 1.18 bits per heavy atom. The molecule has 1 aromatic carbocycles. The van der Waals surface area contributed by atoms with E-state index >= 15 is 0 Å². The number of rotatable bonds is 2. The fourth-order valence-electron chi connectivity index (χ4n) is 1.37. The summed E-state index contributed by atoms with van der Waals surface area (Å²) in [5.41, 5.74) is 0.180. The van der Waals surface area contributed by atoms with E-state index in [9.17, 15) is 13.6 Å². The molecule has 0 spiro atoms. The highest BCUT2D eigenvalue weighted by Crippen LogP contribution is 2.21. The molecule has 2 aromatic rings. The van der Waals surface area contributed by atoms with Crippen LogP contribution in [0.25, 0.3) is 11.3 Å². The van der Waals surface area contributed by atoms with Gasteiger partial charge in [0, 0.05) is 11.8 Å². The third-order valence-corrected chi connectivity index (χ3v) is 2.21. The standard InChI is InChI=1S/C12H7F2NO2/c13-8-2-3-10(14)9(5-8)11-4-1-7(6-15-11)12(16)17/h1-6H,(H,16,17). The molecule has 0 radical (unpaired) electrons. The lowest BCUT2D eigenvalue weighted by Gasteiger charge is -2.03. The zero-order chi connectivity index (χ0) is 12.4. The molecule has 0 fully saturated rings. The lowest BCUT2D eigenvalue weighted by Crippen LogP contribution is -1.97. The van der Waals surface area contributed by atoms with Crippen LogP contribution in [-0.2, 0) is 0 Å². The van der Waals surface area contributed by atoms with Crippen molar-refractivity contribution in [2.45, 2.75) is 0 Å². The van der Waals surface area contributed by atoms with Gasteiger partial charge in [0.05, 0.1) is 11.3 Å². The number of hydrogen-bond acceptors (Lipinski definition) is 2. The summed E-state index contributed by atoms with van der Waals surface area (Å²) in [6.07, 6.45) is 1.10. The number of halogens is 2. The van der Waals surface area contributed by atoms with Gasteiger partial charge in [0.1, 0.15) is 11.6 Å². The number of carboxylic acid groups (broad SMARTS) is 1. The average molecular weight is 235 g/mol. The number of benzene rings is 1. The van der Waals surface area contributed by atoms with E-state index in [0.717, 1.165) is 24.4 Å². The van der Waals surface area contributed by atoms with Crippen molar-refractivity contribution < 1.29 is 18.7 Å². The first-order chi connectivity index (χ1) is 8.08. The third kappa shape index (κ3) is 2.28. The van der Waals surface area contributed by atoms with E-state index < -0.39 is 17.6 Å². The summed E-state index contributed by atoms with van der Waals surface area (Å²) in [5.74, 6) is -2.31. The first-order valence-corrected chi connectivity index (χ1v) is 4.72. The molecule has 0 amide bonds. The van der Waals surface area contributed by atoms with Crippen molar-refractivity contribution in [1.82, 2.24) is 4.98 Å². The molecule has 0 saturated heterocycles. The van der Waals surface area contributed by atoms with E-state index in [0.29, 0.717) is 0 Å². The summed E-state index contributed by atoms with van der Waals surface area (Å²) in [4.78, 5) is 14.4. The highest BCUT2D eigenvalue weighted by molar-refractivity contribution is 5.87. The fourth-order valence-corrected chi connectivity index (χ4v) is 1.37. The Morgan fingerprint density at radius 2 is 1.94 bits per heavy atom.